The summed E-state index contributed by atoms with van der Waals surface area (Å²) in [5.41, 5.74) is -0.538. The average Bonchev–Trinajstić information content (AvgIpc) is 2.30. The van der Waals surface area contributed by atoms with Crippen molar-refractivity contribution in [3.05, 3.63) is 59.7 Å². The summed E-state index contributed by atoms with van der Waals surface area (Å²) >= 11 is 0. The third kappa shape index (κ3) is 1.79. The van der Waals surface area contributed by atoms with Gasteiger partial charge in [-0.05, 0) is 12.1 Å². The largest absolute Gasteiger partial charge is 0.288 e. The summed E-state index contributed by atoms with van der Waals surface area (Å²) in [6.45, 7) is 0. The number of aromatic nitrogens is 2. The van der Waals surface area contributed by atoms with Gasteiger partial charge in [-0.1, -0.05) is 6.07 Å². The Kier molecular flexibility index (Phi) is 2.68. The van der Waals surface area contributed by atoms with E-state index < -0.39 is 23.0 Å². The number of carbonyl (C=O) groups excluding carboxylic acids is 1. The Morgan fingerprint density at radius 3 is 2.19 bits per heavy atom. The summed E-state index contributed by atoms with van der Waals surface area (Å²) in [6.07, 6.45) is 3.65. The zero-order valence-corrected chi connectivity index (χ0v) is 8.02. The molecular formula is C11H6F2N2O. The van der Waals surface area contributed by atoms with Crippen LogP contribution < -0.4 is 0 Å². The molecule has 1 heterocycles. The minimum Gasteiger partial charge on any atom is -0.288 e. The van der Waals surface area contributed by atoms with Crippen LogP contribution in [0.15, 0.2) is 36.9 Å². The molecule has 0 unspecified atom stereocenters. The maximum atomic E-state index is 13.3. The van der Waals surface area contributed by atoms with Crippen molar-refractivity contribution in [2.45, 2.75) is 0 Å². The van der Waals surface area contributed by atoms with Gasteiger partial charge in [0.1, 0.15) is 18.0 Å². The third-order valence-electron chi connectivity index (χ3n) is 2.01. The fourth-order valence-corrected chi connectivity index (χ4v) is 1.28. The van der Waals surface area contributed by atoms with Crippen molar-refractivity contribution in [2.24, 2.45) is 0 Å². The van der Waals surface area contributed by atoms with Crippen LogP contribution in [0.3, 0.4) is 0 Å². The van der Waals surface area contributed by atoms with E-state index in [1.54, 1.807) is 0 Å². The highest BCUT2D eigenvalue weighted by Crippen LogP contribution is 2.15. The molecule has 5 heteroatoms. The molecule has 0 N–H and O–H groups in total. The van der Waals surface area contributed by atoms with Gasteiger partial charge in [-0.25, -0.2) is 18.7 Å². The van der Waals surface area contributed by atoms with Crippen molar-refractivity contribution in [2.75, 3.05) is 0 Å². The van der Waals surface area contributed by atoms with Crippen LogP contribution in [0.1, 0.15) is 15.9 Å². The molecule has 0 spiro atoms. The molecule has 0 bridgehead atoms. The Morgan fingerprint density at radius 1 is 1.06 bits per heavy atom. The van der Waals surface area contributed by atoms with Crippen LogP contribution >= 0.6 is 0 Å². The van der Waals surface area contributed by atoms with Crippen molar-refractivity contribution < 1.29 is 13.6 Å². The monoisotopic (exact) mass is 220 g/mol. The van der Waals surface area contributed by atoms with Crippen LogP contribution in [0.5, 0.6) is 0 Å². The van der Waals surface area contributed by atoms with Crippen molar-refractivity contribution in [3.8, 4) is 0 Å². The predicted molar refractivity (Wildman–Crippen MR) is 51.8 cm³/mol. The number of nitrogens with zero attached hydrogens (tertiary/aromatic N) is 2. The summed E-state index contributed by atoms with van der Waals surface area (Å²) in [4.78, 5) is 19.0. The Labute approximate surface area is 89.8 Å². The van der Waals surface area contributed by atoms with E-state index in [2.05, 4.69) is 9.97 Å². The molecule has 0 aliphatic heterocycles. The van der Waals surface area contributed by atoms with Gasteiger partial charge in [0.15, 0.2) is 0 Å². The first kappa shape index (κ1) is 10.4. The van der Waals surface area contributed by atoms with Gasteiger partial charge in [-0.2, -0.15) is 0 Å². The second-order valence-corrected chi connectivity index (χ2v) is 3.05. The van der Waals surface area contributed by atoms with Crippen LogP contribution in [-0.2, 0) is 0 Å². The van der Waals surface area contributed by atoms with Crippen LogP contribution in [0.2, 0.25) is 0 Å². The van der Waals surface area contributed by atoms with Gasteiger partial charge in [-0.3, -0.25) is 4.79 Å². The van der Waals surface area contributed by atoms with Crippen molar-refractivity contribution in [3.63, 3.8) is 0 Å². The number of hydrogen-bond donors (Lipinski definition) is 0. The lowest BCUT2D eigenvalue weighted by Crippen LogP contribution is -2.08. The van der Waals surface area contributed by atoms with Gasteiger partial charge in [0, 0.05) is 12.4 Å². The average molecular weight is 220 g/mol. The molecule has 0 radical (unpaired) electrons. The van der Waals surface area contributed by atoms with Gasteiger partial charge in [0.2, 0.25) is 5.78 Å². The Morgan fingerprint density at radius 2 is 1.62 bits per heavy atom. The highest BCUT2D eigenvalue weighted by molar-refractivity contribution is 6.08. The summed E-state index contributed by atoms with van der Waals surface area (Å²) in [6, 6.07) is 3.25. The molecule has 0 fully saturated rings. The summed E-state index contributed by atoms with van der Waals surface area (Å²) < 4.78 is 26.6. The Hall–Kier alpha value is -2.17. The molecular weight excluding hydrogens is 214 g/mol. The maximum absolute atomic E-state index is 13.3. The molecule has 1 aromatic carbocycles. The number of hydrogen-bond acceptors (Lipinski definition) is 3. The lowest BCUT2D eigenvalue weighted by Gasteiger charge is -2.02. The first-order valence-electron chi connectivity index (χ1n) is 4.44. The highest BCUT2D eigenvalue weighted by Gasteiger charge is 2.18. The van der Waals surface area contributed by atoms with E-state index in [0.717, 1.165) is 12.1 Å². The van der Waals surface area contributed by atoms with Crippen LogP contribution in [0.25, 0.3) is 0 Å². The number of rotatable bonds is 2. The van der Waals surface area contributed by atoms with Crippen LogP contribution in [-0.4, -0.2) is 15.8 Å². The molecule has 2 aromatic rings. The number of ketones is 1. The molecule has 2 rings (SSSR count). The lowest BCUT2D eigenvalue weighted by molar-refractivity contribution is 0.103. The standard InChI is InChI=1S/C11H6F2N2O/c12-8-2-1-3-9(13)10(8)11(16)7-4-14-6-15-5-7/h1-6H. The minimum absolute atomic E-state index is 0.0477. The fourth-order valence-electron chi connectivity index (χ4n) is 1.28. The van der Waals surface area contributed by atoms with E-state index in [4.69, 9.17) is 0 Å². The van der Waals surface area contributed by atoms with Crippen molar-refractivity contribution in [1.29, 1.82) is 0 Å². The molecule has 0 amide bonds. The molecule has 0 aliphatic rings. The van der Waals surface area contributed by atoms with E-state index >= 15 is 0 Å². The SMILES string of the molecule is O=C(c1cncnc1)c1c(F)cccc1F. The number of carbonyl (C=O) groups is 1. The zero-order chi connectivity index (χ0) is 11.5. The first-order chi connectivity index (χ1) is 7.70. The maximum Gasteiger partial charge on any atom is 0.202 e. The van der Waals surface area contributed by atoms with Gasteiger partial charge < -0.3 is 0 Å². The zero-order valence-electron chi connectivity index (χ0n) is 8.02. The summed E-state index contributed by atoms with van der Waals surface area (Å²) in [5, 5.41) is 0. The lowest BCUT2D eigenvalue weighted by atomic mass is 10.1. The number of halogens is 2. The summed E-state index contributed by atoms with van der Waals surface area (Å²) in [5.74, 6) is -2.56. The van der Waals surface area contributed by atoms with Gasteiger partial charge in [-0.15, -0.1) is 0 Å². The van der Waals surface area contributed by atoms with E-state index in [1.165, 1.54) is 24.8 Å². The molecule has 0 saturated carbocycles. The van der Waals surface area contributed by atoms with Crippen molar-refractivity contribution in [1.82, 2.24) is 9.97 Å². The quantitative estimate of drug-likeness (QED) is 0.727. The molecule has 3 nitrogen and oxygen atoms in total. The molecule has 0 saturated heterocycles. The normalized spacial score (nSPS) is 10.1. The molecule has 80 valence electrons. The highest BCUT2D eigenvalue weighted by atomic mass is 19.1. The Bertz CT molecular complexity index is 509. The third-order valence-corrected chi connectivity index (χ3v) is 2.01. The second-order valence-electron chi connectivity index (χ2n) is 3.05. The topological polar surface area (TPSA) is 42.9 Å². The van der Waals surface area contributed by atoms with Gasteiger partial charge in [0.25, 0.3) is 0 Å². The van der Waals surface area contributed by atoms with Crippen LogP contribution in [0.4, 0.5) is 8.78 Å². The molecule has 0 atom stereocenters. The molecule has 1 aromatic heterocycles. The first-order valence-corrected chi connectivity index (χ1v) is 4.44. The Balaban J connectivity index is 2.50. The smallest absolute Gasteiger partial charge is 0.202 e. The summed E-state index contributed by atoms with van der Waals surface area (Å²) in [7, 11) is 0. The van der Waals surface area contributed by atoms with E-state index in [1.807, 2.05) is 0 Å². The van der Waals surface area contributed by atoms with Crippen molar-refractivity contribution >= 4 is 5.78 Å². The minimum atomic E-state index is -0.895. The van der Waals surface area contributed by atoms with Crippen LogP contribution in [0, 0.1) is 11.6 Å². The molecule has 0 aliphatic carbocycles. The van der Waals surface area contributed by atoms with E-state index in [0.29, 0.717) is 0 Å². The van der Waals surface area contributed by atoms with Gasteiger partial charge >= 0.3 is 0 Å². The van der Waals surface area contributed by atoms with E-state index in [9.17, 15) is 13.6 Å². The fraction of sp³-hybridized carbons (Fsp3) is 0. The second kappa shape index (κ2) is 4.14. The van der Waals surface area contributed by atoms with Gasteiger partial charge in [0.05, 0.1) is 11.1 Å². The molecule has 16 heavy (non-hydrogen) atoms. The van der Waals surface area contributed by atoms with E-state index in [-0.39, 0.29) is 5.56 Å². The predicted octanol–water partition coefficient (Wildman–Crippen LogP) is 1.99. The number of benzene rings is 1.